The van der Waals surface area contributed by atoms with Crippen LogP contribution in [0.2, 0.25) is 0 Å². The standard InChI is InChI=1S/C21H28N4O/c1-2-25-20(8-11-23-25)15-22-21(26)18-7-6-16-9-12-24(19-4-3-5-19)13-10-17(16)14-18/h6-8,11,14,19H,2-5,9-10,12-13,15H2,1H3,(H,22,26). The molecule has 1 saturated carbocycles. The topological polar surface area (TPSA) is 50.2 Å². The lowest BCUT2D eigenvalue weighted by atomic mass is 9.91. The van der Waals surface area contributed by atoms with Crippen molar-refractivity contribution in [2.45, 2.75) is 58.2 Å². The van der Waals surface area contributed by atoms with Crippen LogP contribution in [-0.4, -0.2) is 39.7 Å². The molecule has 1 N–H and O–H groups in total. The lowest BCUT2D eigenvalue weighted by Crippen LogP contribution is -2.41. The summed E-state index contributed by atoms with van der Waals surface area (Å²) in [5, 5.41) is 7.28. The Morgan fingerprint density at radius 2 is 2.00 bits per heavy atom. The maximum atomic E-state index is 12.6. The average Bonchev–Trinajstić information content (AvgIpc) is 2.98. The summed E-state index contributed by atoms with van der Waals surface area (Å²) in [4.78, 5) is 15.2. The molecule has 1 amide bonds. The third-order valence-electron chi connectivity index (χ3n) is 5.93. The van der Waals surface area contributed by atoms with Crippen molar-refractivity contribution in [1.29, 1.82) is 0 Å². The molecule has 0 bridgehead atoms. The Labute approximate surface area is 155 Å². The molecular formula is C21H28N4O. The number of aryl methyl sites for hydroxylation is 1. The van der Waals surface area contributed by atoms with Gasteiger partial charge in [0.25, 0.3) is 5.91 Å². The molecule has 0 unspecified atom stereocenters. The largest absolute Gasteiger partial charge is 0.346 e. The summed E-state index contributed by atoms with van der Waals surface area (Å²) >= 11 is 0. The first-order valence-electron chi connectivity index (χ1n) is 9.89. The third-order valence-corrected chi connectivity index (χ3v) is 5.93. The van der Waals surface area contributed by atoms with E-state index in [9.17, 15) is 4.79 Å². The molecule has 2 aliphatic rings. The van der Waals surface area contributed by atoms with Crippen LogP contribution < -0.4 is 5.32 Å². The van der Waals surface area contributed by atoms with Gasteiger partial charge in [-0.2, -0.15) is 5.10 Å². The van der Waals surface area contributed by atoms with Crippen molar-refractivity contribution in [3.8, 4) is 0 Å². The van der Waals surface area contributed by atoms with Gasteiger partial charge in [-0.1, -0.05) is 12.5 Å². The van der Waals surface area contributed by atoms with Crippen molar-refractivity contribution in [2.75, 3.05) is 13.1 Å². The summed E-state index contributed by atoms with van der Waals surface area (Å²) < 4.78 is 1.91. The number of fused-ring (bicyclic) bond motifs is 1. The first kappa shape index (κ1) is 17.3. The van der Waals surface area contributed by atoms with E-state index in [0.29, 0.717) is 6.54 Å². The predicted molar refractivity (Wildman–Crippen MR) is 102 cm³/mol. The lowest BCUT2D eigenvalue weighted by molar-refractivity contribution is 0.0949. The number of aromatic nitrogens is 2. The number of benzene rings is 1. The van der Waals surface area contributed by atoms with Gasteiger partial charge in [0.1, 0.15) is 0 Å². The van der Waals surface area contributed by atoms with Gasteiger partial charge in [-0.05, 0) is 61.9 Å². The number of carbonyl (C=O) groups is 1. The van der Waals surface area contributed by atoms with Crippen LogP contribution in [0.15, 0.2) is 30.5 Å². The molecule has 0 atom stereocenters. The van der Waals surface area contributed by atoms with Crippen molar-refractivity contribution in [2.24, 2.45) is 0 Å². The molecule has 5 nitrogen and oxygen atoms in total. The van der Waals surface area contributed by atoms with Gasteiger partial charge in [0.15, 0.2) is 0 Å². The second-order valence-electron chi connectivity index (χ2n) is 7.43. The molecule has 1 aliphatic heterocycles. The lowest BCUT2D eigenvalue weighted by Gasteiger charge is -2.36. The Morgan fingerprint density at radius 3 is 2.73 bits per heavy atom. The van der Waals surface area contributed by atoms with E-state index in [-0.39, 0.29) is 5.91 Å². The summed E-state index contributed by atoms with van der Waals surface area (Å²) in [7, 11) is 0. The smallest absolute Gasteiger partial charge is 0.251 e. The summed E-state index contributed by atoms with van der Waals surface area (Å²) in [6.07, 6.45) is 8.03. The van der Waals surface area contributed by atoms with Crippen molar-refractivity contribution in [1.82, 2.24) is 20.0 Å². The van der Waals surface area contributed by atoms with Crippen LogP contribution in [-0.2, 0) is 25.9 Å². The van der Waals surface area contributed by atoms with Gasteiger partial charge < -0.3 is 5.32 Å². The molecule has 138 valence electrons. The van der Waals surface area contributed by atoms with Crippen LogP contribution >= 0.6 is 0 Å². The number of amides is 1. The Morgan fingerprint density at radius 1 is 1.19 bits per heavy atom. The highest BCUT2D eigenvalue weighted by atomic mass is 16.1. The minimum atomic E-state index is -0.00301. The number of hydrogen-bond acceptors (Lipinski definition) is 3. The Balaban J connectivity index is 1.40. The molecule has 26 heavy (non-hydrogen) atoms. The van der Waals surface area contributed by atoms with Crippen LogP contribution in [0.25, 0.3) is 0 Å². The summed E-state index contributed by atoms with van der Waals surface area (Å²) in [6.45, 7) is 5.66. The van der Waals surface area contributed by atoms with Gasteiger partial charge in [-0.25, -0.2) is 0 Å². The molecule has 0 radical (unpaired) electrons. The predicted octanol–water partition coefficient (Wildman–Crippen LogP) is 2.79. The molecule has 0 saturated heterocycles. The first-order chi connectivity index (χ1) is 12.7. The van der Waals surface area contributed by atoms with E-state index in [1.54, 1.807) is 6.20 Å². The van der Waals surface area contributed by atoms with E-state index < -0.39 is 0 Å². The highest BCUT2D eigenvalue weighted by molar-refractivity contribution is 5.94. The van der Waals surface area contributed by atoms with Gasteiger partial charge in [0, 0.05) is 37.4 Å². The van der Waals surface area contributed by atoms with E-state index in [4.69, 9.17) is 0 Å². The zero-order valence-electron chi connectivity index (χ0n) is 15.6. The zero-order valence-corrected chi connectivity index (χ0v) is 15.6. The second-order valence-corrected chi connectivity index (χ2v) is 7.43. The fraction of sp³-hybridized carbons (Fsp3) is 0.524. The summed E-state index contributed by atoms with van der Waals surface area (Å²) in [6, 6.07) is 8.99. The van der Waals surface area contributed by atoms with E-state index in [1.807, 2.05) is 16.8 Å². The minimum Gasteiger partial charge on any atom is -0.346 e. The molecule has 2 heterocycles. The van der Waals surface area contributed by atoms with Crippen LogP contribution in [0.1, 0.15) is 53.4 Å². The van der Waals surface area contributed by atoms with E-state index >= 15 is 0 Å². The molecule has 5 heteroatoms. The minimum absolute atomic E-state index is 0.00301. The number of nitrogens with zero attached hydrogens (tertiary/aromatic N) is 3. The van der Waals surface area contributed by atoms with E-state index in [0.717, 1.165) is 49.8 Å². The monoisotopic (exact) mass is 352 g/mol. The SMILES string of the molecule is CCn1nccc1CNC(=O)c1ccc2c(c1)CCN(C1CCC1)CC2. The van der Waals surface area contributed by atoms with Crippen molar-refractivity contribution < 1.29 is 4.79 Å². The van der Waals surface area contributed by atoms with Crippen LogP contribution in [0.4, 0.5) is 0 Å². The molecule has 1 aliphatic carbocycles. The Kier molecular flexibility index (Phi) is 5.07. The summed E-state index contributed by atoms with van der Waals surface area (Å²) in [5.41, 5.74) is 4.56. The van der Waals surface area contributed by atoms with E-state index in [2.05, 4.69) is 34.4 Å². The zero-order chi connectivity index (χ0) is 17.9. The quantitative estimate of drug-likeness (QED) is 0.900. The number of nitrogens with one attached hydrogen (secondary N) is 1. The highest BCUT2D eigenvalue weighted by Gasteiger charge is 2.26. The van der Waals surface area contributed by atoms with Crippen LogP contribution in [0.3, 0.4) is 0 Å². The van der Waals surface area contributed by atoms with E-state index in [1.165, 1.54) is 30.4 Å². The average molecular weight is 352 g/mol. The van der Waals surface area contributed by atoms with Crippen molar-refractivity contribution >= 4 is 5.91 Å². The number of carbonyl (C=O) groups excluding carboxylic acids is 1. The normalized spacial score (nSPS) is 18.0. The third kappa shape index (κ3) is 3.54. The molecule has 1 aromatic heterocycles. The fourth-order valence-electron chi connectivity index (χ4n) is 4.07. The molecule has 0 spiro atoms. The molecule has 4 rings (SSSR count). The number of hydrogen-bond donors (Lipinski definition) is 1. The fourth-order valence-corrected chi connectivity index (χ4v) is 4.07. The number of rotatable bonds is 5. The highest BCUT2D eigenvalue weighted by Crippen LogP contribution is 2.27. The van der Waals surface area contributed by atoms with Crippen molar-refractivity contribution in [3.63, 3.8) is 0 Å². The second kappa shape index (κ2) is 7.62. The van der Waals surface area contributed by atoms with Gasteiger partial charge >= 0.3 is 0 Å². The van der Waals surface area contributed by atoms with Crippen LogP contribution in [0, 0.1) is 0 Å². The van der Waals surface area contributed by atoms with Gasteiger partial charge in [-0.3, -0.25) is 14.4 Å². The Bertz CT molecular complexity index is 778. The van der Waals surface area contributed by atoms with Crippen LogP contribution in [0.5, 0.6) is 0 Å². The van der Waals surface area contributed by atoms with Gasteiger partial charge in [0.2, 0.25) is 0 Å². The molecular weight excluding hydrogens is 324 g/mol. The first-order valence-corrected chi connectivity index (χ1v) is 9.89. The molecule has 1 fully saturated rings. The maximum absolute atomic E-state index is 12.6. The molecule has 2 aromatic rings. The molecule has 1 aromatic carbocycles. The maximum Gasteiger partial charge on any atom is 0.251 e. The Hall–Kier alpha value is -2.14. The van der Waals surface area contributed by atoms with Crippen molar-refractivity contribution in [3.05, 3.63) is 52.8 Å². The summed E-state index contributed by atoms with van der Waals surface area (Å²) in [5.74, 6) is -0.00301. The van der Waals surface area contributed by atoms with Gasteiger partial charge in [0.05, 0.1) is 12.2 Å². The van der Waals surface area contributed by atoms with Gasteiger partial charge in [-0.15, -0.1) is 0 Å².